The van der Waals surface area contributed by atoms with E-state index < -0.39 is 5.41 Å². The maximum Gasteiger partial charge on any atom is 0.135 e. The number of hydrogen-bond donors (Lipinski definition) is 0. The maximum atomic E-state index is 9.75. The lowest BCUT2D eigenvalue weighted by Crippen LogP contribution is -2.28. The molecule has 0 saturated carbocycles. The van der Waals surface area contributed by atoms with Crippen molar-refractivity contribution in [3.05, 3.63) is 247 Å². The van der Waals surface area contributed by atoms with Crippen molar-refractivity contribution in [3.8, 4) is 33.4 Å². The van der Waals surface area contributed by atoms with Crippen LogP contribution in [0.5, 0.6) is 0 Å². The SMILES string of the molecule is [2H]c1c([2H])c(N(c2ccc3c(c2)C(c2ccccc2)(c2ccccc2)c2ccccc2-3)c2ccc3oc4ccccc4c3c2)c([2H])c([2H])c1-c1ccc(-c2ccccc2)cc1. The zero-order valence-corrected chi connectivity index (χ0v) is 30.9. The molecule has 268 valence electrons. The summed E-state index contributed by atoms with van der Waals surface area (Å²) in [4.78, 5) is 1.90. The second kappa shape index (κ2) is 13.4. The molecule has 0 N–H and O–H groups in total. The number of anilines is 3. The average Bonchev–Trinajstić information content (AvgIpc) is 3.84. The molecule has 0 amide bonds. The van der Waals surface area contributed by atoms with Gasteiger partial charge in [-0.05, 0) is 104 Å². The van der Waals surface area contributed by atoms with Crippen LogP contribution in [0, 0.1) is 0 Å². The molecule has 1 aliphatic rings. The molecule has 1 aliphatic carbocycles. The van der Waals surface area contributed by atoms with Gasteiger partial charge in [0.2, 0.25) is 0 Å². The van der Waals surface area contributed by atoms with Crippen LogP contribution in [0.1, 0.15) is 27.7 Å². The summed E-state index contributed by atoms with van der Waals surface area (Å²) in [5.74, 6) is 0. The Morgan fingerprint density at radius 3 is 1.61 bits per heavy atom. The van der Waals surface area contributed by atoms with Crippen molar-refractivity contribution < 1.29 is 9.90 Å². The second-order valence-corrected chi connectivity index (χ2v) is 14.5. The maximum absolute atomic E-state index is 9.75. The summed E-state index contributed by atoms with van der Waals surface area (Å²) in [6, 6.07) is 67.2. The Bertz CT molecular complexity index is 3220. The summed E-state index contributed by atoms with van der Waals surface area (Å²) in [6.45, 7) is 0. The lowest BCUT2D eigenvalue weighted by molar-refractivity contribution is 0.669. The smallest absolute Gasteiger partial charge is 0.135 e. The number of furan rings is 1. The van der Waals surface area contributed by atoms with Gasteiger partial charge in [0.25, 0.3) is 0 Å². The summed E-state index contributed by atoms with van der Waals surface area (Å²) < 4.78 is 44.8. The highest BCUT2D eigenvalue weighted by Crippen LogP contribution is 2.57. The molecule has 0 unspecified atom stereocenters. The van der Waals surface area contributed by atoms with Crippen molar-refractivity contribution in [2.75, 3.05) is 4.90 Å². The molecular weight excluding hydrogens is 691 g/mol. The molecule has 2 nitrogen and oxygen atoms in total. The van der Waals surface area contributed by atoms with Gasteiger partial charge in [0.1, 0.15) is 11.2 Å². The molecule has 1 heterocycles. The third kappa shape index (κ3) is 5.33. The fourth-order valence-electron chi connectivity index (χ4n) is 8.85. The molecule has 0 fully saturated rings. The normalized spacial score (nSPS) is 13.7. The number of fused-ring (bicyclic) bond motifs is 6. The third-order valence-electron chi connectivity index (χ3n) is 11.4. The molecule has 0 radical (unpaired) electrons. The molecular formula is C55H37NO. The van der Waals surface area contributed by atoms with E-state index in [1.807, 2.05) is 120 Å². The van der Waals surface area contributed by atoms with Crippen molar-refractivity contribution in [2.24, 2.45) is 0 Å². The zero-order chi connectivity index (χ0) is 41.2. The van der Waals surface area contributed by atoms with E-state index in [-0.39, 0.29) is 35.4 Å². The predicted molar refractivity (Wildman–Crippen MR) is 237 cm³/mol. The van der Waals surface area contributed by atoms with Crippen LogP contribution in [0.3, 0.4) is 0 Å². The van der Waals surface area contributed by atoms with Gasteiger partial charge >= 0.3 is 0 Å². The standard InChI is InChI=1S/C55H37NO/c1-4-14-38(15-5-1)39-24-26-40(27-25-39)41-28-30-44(31-29-41)56(45-33-35-54-50(36-45)49-21-11-13-23-53(49)57-54)46-32-34-48-47-20-10-12-22-51(47)55(52(48)37-46,42-16-6-2-7-17-42)43-18-8-3-9-19-43/h1-37H/i28D,29D,30D,31D. The Morgan fingerprint density at radius 2 is 0.895 bits per heavy atom. The lowest BCUT2D eigenvalue weighted by Gasteiger charge is -2.35. The van der Waals surface area contributed by atoms with Crippen LogP contribution in [-0.2, 0) is 5.41 Å². The topological polar surface area (TPSA) is 16.4 Å². The van der Waals surface area contributed by atoms with Crippen molar-refractivity contribution in [3.63, 3.8) is 0 Å². The van der Waals surface area contributed by atoms with Crippen molar-refractivity contribution in [1.29, 1.82) is 0 Å². The Kier molecular flexibility index (Phi) is 6.81. The first-order valence-electron chi connectivity index (χ1n) is 21.3. The molecule has 1 aromatic heterocycles. The zero-order valence-electron chi connectivity index (χ0n) is 34.9. The number of rotatable bonds is 7. The Morgan fingerprint density at radius 1 is 0.368 bits per heavy atom. The minimum atomic E-state index is -0.689. The highest BCUT2D eigenvalue weighted by molar-refractivity contribution is 6.06. The number of para-hydroxylation sites is 1. The molecule has 0 spiro atoms. The molecule has 0 aliphatic heterocycles. The molecule has 2 heteroatoms. The first-order chi connectivity index (χ1) is 29.9. The van der Waals surface area contributed by atoms with Crippen LogP contribution in [0.15, 0.2) is 229 Å². The summed E-state index contributed by atoms with van der Waals surface area (Å²) >= 11 is 0. The van der Waals surface area contributed by atoms with Gasteiger partial charge in [0, 0.05) is 27.8 Å². The highest BCUT2D eigenvalue weighted by Gasteiger charge is 2.46. The van der Waals surface area contributed by atoms with Gasteiger partial charge < -0.3 is 9.32 Å². The van der Waals surface area contributed by atoms with Crippen molar-refractivity contribution in [2.45, 2.75) is 5.41 Å². The highest BCUT2D eigenvalue weighted by atomic mass is 16.3. The second-order valence-electron chi connectivity index (χ2n) is 14.5. The van der Waals surface area contributed by atoms with Crippen LogP contribution >= 0.6 is 0 Å². The molecule has 10 aromatic rings. The van der Waals surface area contributed by atoms with Crippen LogP contribution in [0.4, 0.5) is 17.1 Å². The minimum Gasteiger partial charge on any atom is -0.456 e. The Balaban J connectivity index is 1.17. The summed E-state index contributed by atoms with van der Waals surface area (Å²) in [7, 11) is 0. The third-order valence-corrected chi connectivity index (χ3v) is 11.4. The van der Waals surface area contributed by atoms with Crippen LogP contribution in [0.2, 0.25) is 0 Å². The summed E-state index contributed by atoms with van der Waals surface area (Å²) in [6.07, 6.45) is 0. The molecule has 0 atom stereocenters. The molecule has 11 rings (SSSR count). The van der Waals surface area contributed by atoms with Gasteiger partial charge in [0.05, 0.1) is 10.9 Å². The largest absolute Gasteiger partial charge is 0.456 e. The van der Waals surface area contributed by atoms with Gasteiger partial charge in [-0.15, -0.1) is 0 Å². The fraction of sp³-hybridized carbons (Fsp3) is 0.0182. The first-order valence-corrected chi connectivity index (χ1v) is 19.3. The quantitative estimate of drug-likeness (QED) is 0.162. The van der Waals surface area contributed by atoms with Crippen LogP contribution in [-0.4, -0.2) is 0 Å². The van der Waals surface area contributed by atoms with E-state index in [1.165, 1.54) is 5.56 Å². The monoisotopic (exact) mass is 731 g/mol. The molecule has 0 bridgehead atoms. The van der Waals surface area contributed by atoms with E-state index in [1.54, 1.807) is 0 Å². The van der Waals surface area contributed by atoms with E-state index in [2.05, 4.69) is 84.9 Å². The van der Waals surface area contributed by atoms with E-state index in [9.17, 15) is 5.48 Å². The van der Waals surface area contributed by atoms with E-state index in [0.29, 0.717) is 16.9 Å². The first kappa shape index (κ1) is 28.9. The van der Waals surface area contributed by atoms with E-state index in [0.717, 1.165) is 60.9 Å². The lowest BCUT2D eigenvalue weighted by atomic mass is 9.67. The molecule has 0 saturated heterocycles. The number of benzene rings is 9. The molecule has 9 aromatic carbocycles. The van der Waals surface area contributed by atoms with Gasteiger partial charge in [0.15, 0.2) is 0 Å². The Labute approximate surface area is 338 Å². The average molecular weight is 732 g/mol. The van der Waals surface area contributed by atoms with Crippen LogP contribution < -0.4 is 4.90 Å². The van der Waals surface area contributed by atoms with Crippen LogP contribution in [0.25, 0.3) is 55.3 Å². The number of hydrogen-bond acceptors (Lipinski definition) is 2. The fourth-order valence-corrected chi connectivity index (χ4v) is 8.85. The Hall–Kier alpha value is -7.42. The van der Waals surface area contributed by atoms with E-state index >= 15 is 0 Å². The minimum absolute atomic E-state index is 0.111. The van der Waals surface area contributed by atoms with Gasteiger partial charge in [-0.3, -0.25) is 0 Å². The van der Waals surface area contributed by atoms with Gasteiger partial charge in [-0.1, -0.05) is 176 Å². The van der Waals surface area contributed by atoms with E-state index in [4.69, 9.17) is 4.42 Å². The van der Waals surface area contributed by atoms with Gasteiger partial charge in [-0.25, -0.2) is 0 Å². The summed E-state index contributed by atoms with van der Waals surface area (Å²) in [5.41, 5.74) is 12.0. The summed E-state index contributed by atoms with van der Waals surface area (Å²) in [5, 5.41) is 1.84. The number of nitrogens with zero attached hydrogens (tertiary/aromatic N) is 1. The van der Waals surface area contributed by atoms with Crippen molar-refractivity contribution in [1.82, 2.24) is 0 Å². The predicted octanol–water partition coefficient (Wildman–Crippen LogP) is 14.8. The van der Waals surface area contributed by atoms with Crippen molar-refractivity contribution >= 4 is 39.0 Å². The van der Waals surface area contributed by atoms with Gasteiger partial charge in [-0.2, -0.15) is 0 Å². The molecule has 57 heavy (non-hydrogen) atoms.